The minimum absolute atomic E-state index is 0.208. The third kappa shape index (κ3) is 3.31. The first-order chi connectivity index (χ1) is 4.22. The van der Waals surface area contributed by atoms with E-state index in [-0.39, 0.29) is 10.9 Å². The summed E-state index contributed by atoms with van der Waals surface area (Å²) in [6, 6.07) is 0. The Bertz CT molecular complexity index is 136. The molecule has 0 heterocycles. The zero-order chi connectivity index (χ0) is 7.28. The van der Waals surface area contributed by atoms with Gasteiger partial charge in [0.2, 0.25) is 0 Å². The molecule has 0 saturated carbocycles. The van der Waals surface area contributed by atoms with Crippen LogP contribution in [0, 0.1) is 0 Å². The van der Waals surface area contributed by atoms with Crippen LogP contribution in [-0.2, 0) is 0 Å². The standard InChI is InChI=1S/C7H10ClF/c1-3-5-6(8)7(9)4-2/h3,5H,4H2,1-2H3/b5-3-,7-6-. The molecular formula is C7H10ClF. The lowest BCUT2D eigenvalue weighted by Gasteiger charge is -1.90. The molecule has 0 aliphatic rings. The molecule has 0 aliphatic heterocycles. The highest BCUT2D eigenvalue weighted by atomic mass is 35.5. The van der Waals surface area contributed by atoms with Crippen molar-refractivity contribution in [2.75, 3.05) is 0 Å². The second kappa shape index (κ2) is 4.57. The largest absolute Gasteiger partial charge is 0.210 e. The van der Waals surface area contributed by atoms with E-state index in [1.165, 1.54) is 0 Å². The molecule has 0 spiro atoms. The molecular weight excluding hydrogens is 139 g/mol. The minimum Gasteiger partial charge on any atom is -0.210 e. The van der Waals surface area contributed by atoms with Crippen LogP contribution in [-0.4, -0.2) is 0 Å². The number of hydrogen-bond acceptors (Lipinski definition) is 0. The fourth-order valence-electron chi connectivity index (χ4n) is 0.406. The third-order valence-electron chi connectivity index (χ3n) is 0.883. The molecule has 0 bridgehead atoms. The molecule has 0 saturated heterocycles. The first kappa shape index (κ1) is 8.70. The summed E-state index contributed by atoms with van der Waals surface area (Å²) in [7, 11) is 0. The molecule has 0 atom stereocenters. The molecule has 0 aromatic carbocycles. The van der Waals surface area contributed by atoms with Crippen molar-refractivity contribution >= 4 is 11.6 Å². The molecule has 0 amide bonds. The summed E-state index contributed by atoms with van der Waals surface area (Å²) in [5, 5.41) is 0.208. The highest BCUT2D eigenvalue weighted by Crippen LogP contribution is 2.14. The second-order valence-electron chi connectivity index (χ2n) is 1.61. The van der Waals surface area contributed by atoms with Crippen molar-refractivity contribution in [2.24, 2.45) is 0 Å². The van der Waals surface area contributed by atoms with E-state index < -0.39 is 0 Å². The first-order valence-corrected chi connectivity index (χ1v) is 3.27. The lowest BCUT2D eigenvalue weighted by atomic mass is 10.3. The lowest BCUT2D eigenvalue weighted by Crippen LogP contribution is -1.71. The van der Waals surface area contributed by atoms with Gasteiger partial charge in [0.1, 0.15) is 5.83 Å². The van der Waals surface area contributed by atoms with Crippen LogP contribution in [0.25, 0.3) is 0 Å². The van der Waals surface area contributed by atoms with Crippen molar-refractivity contribution in [3.05, 3.63) is 23.0 Å². The van der Waals surface area contributed by atoms with Crippen molar-refractivity contribution in [3.63, 3.8) is 0 Å². The van der Waals surface area contributed by atoms with Crippen LogP contribution >= 0.6 is 11.6 Å². The Morgan fingerprint density at radius 3 is 2.56 bits per heavy atom. The smallest absolute Gasteiger partial charge is 0.118 e. The Kier molecular flexibility index (Phi) is 4.41. The van der Waals surface area contributed by atoms with Gasteiger partial charge in [0, 0.05) is 0 Å². The Morgan fingerprint density at radius 2 is 2.22 bits per heavy atom. The number of halogens is 2. The number of hydrogen-bond donors (Lipinski definition) is 0. The molecule has 0 unspecified atom stereocenters. The van der Waals surface area contributed by atoms with Gasteiger partial charge < -0.3 is 0 Å². The van der Waals surface area contributed by atoms with Crippen molar-refractivity contribution in [2.45, 2.75) is 20.3 Å². The van der Waals surface area contributed by atoms with Gasteiger partial charge in [-0.25, -0.2) is 4.39 Å². The second-order valence-corrected chi connectivity index (χ2v) is 2.01. The monoisotopic (exact) mass is 148 g/mol. The Morgan fingerprint density at radius 1 is 1.67 bits per heavy atom. The van der Waals surface area contributed by atoms with E-state index >= 15 is 0 Å². The quantitative estimate of drug-likeness (QED) is 0.527. The van der Waals surface area contributed by atoms with Crippen molar-refractivity contribution in [1.82, 2.24) is 0 Å². The van der Waals surface area contributed by atoms with Crippen LogP contribution in [0.1, 0.15) is 20.3 Å². The topological polar surface area (TPSA) is 0 Å². The van der Waals surface area contributed by atoms with E-state index in [2.05, 4.69) is 0 Å². The van der Waals surface area contributed by atoms with E-state index in [1.54, 1.807) is 26.0 Å². The molecule has 52 valence electrons. The predicted molar refractivity (Wildman–Crippen MR) is 39.1 cm³/mol. The van der Waals surface area contributed by atoms with Crippen LogP contribution in [0.15, 0.2) is 23.0 Å². The Labute approximate surface area is 60.0 Å². The molecule has 0 N–H and O–H groups in total. The van der Waals surface area contributed by atoms with E-state index in [0.717, 1.165) is 0 Å². The summed E-state index contributed by atoms with van der Waals surface area (Å²) in [5.41, 5.74) is 0. The van der Waals surface area contributed by atoms with Gasteiger partial charge >= 0.3 is 0 Å². The molecule has 0 aliphatic carbocycles. The third-order valence-corrected chi connectivity index (χ3v) is 1.21. The average Bonchev–Trinajstić information content (AvgIpc) is 1.87. The molecule has 0 rings (SSSR count). The van der Waals surface area contributed by atoms with E-state index in [4.69, 9.17) is 11.6 Å². The summed E-state index contributed by atoms with van der Waals surface area (Å²) < 4.78 is 12.4. The number of rotatable bonds is 2. The van der Waals surface area contributed by atoms with Crippen LogP contribution < -0.4 is 0 Å². The van der Waals surface area contributed by atoms with Crippen molar-refractivity contribution < 1.29 is 4.39 Å². The van der Waals surface area contributed by atoms with E-state index in [0.29, 0.717) is 6.42 Å². The average molecular weight is 149 g/mol. The molecule has 0 nitrogen and oxygen atoms in total. The van der Waals surface area contributed by atoms with E-state index in [1.807, 2.05) is 0 Å². The van der Waals surface area contributed by atoms with Gasteiger partial charge in [0.25, 0.3) is 0 Å². The predicted octanol–water partition coefficient (Wildman–Crippen LogP) is 3.39. The lowest BCUT2D eigenvalue weighted by molar-refractivity contribution is 0.602. The Hall–Kier alpha value is -0.300. The summed E-state index contributed by atoms with van der Waals surface area (Å²) in [6.45, 7) is 3.52. The highest BCUT2D eigenvalue weighted by Gasteiger charge is 1.94. The molecule has 0 fully saturated rings. The van der Waals surface area contributed by atoms with Crippen LogP contribution in [0.2, 0.25) is 0 Å². The maximum Gasteiger partial charge on any atom is 0.118 e. The summed E-state index contributed by atoms with van der Waals surface area (Å²) >= 11 is 5.45. The summed E-state index contributed by atoms with van der Waals surface area (Å²) in [6.07, 6.45) is 3.61. The molecule has 0 aromatic heterocycles. The van der Waals surface area contributed by atoms with Gasteiger partial charge in [0.15, 0.2) is 0 Å². The maximum atomic E-state index is 12.4. The van der Waals surface area contributed by atoms with E-state index in [9.17, 15) is 4.39 Å². The number of allylic oxidation sites excluding steroid dienone is 4. The van der Waals surface area contributed by atoms with Gasteiger partial charge in [-0.2, -0.15) is 0 Å². The first-order valence-electron chi connectivity index (χ1n) is 2.89. The molecule has 9 heavy (non-hydrogen) atoms. The zero-order valence-corrected chi connectivity index (χ0v) is 6.37. The summed E-state index contributed by atoms with van der Waals surface area (Å²) in [5.74, 6) is -0.255. The van der Waals surface area contributed by atoms with Gasteiger partial charge in [-0.15, -0.1) is 0 Å². The fourth-order valence-corrected chi connectivity index (χ4v) is 0.665. The zero-order valence-electron chi connectivity index (χ0n) is 5.62. The minimum atomic E-state index is -0.255. The molecule has 0 radical (unpaired) electrons. The van der Waals surface area contributed by atoms with Crippen LogP contribution in [0.3, 0.4) is 0 Å². The van der Waals surface area contributed by atoms with Gasteiger partial charge in [-0.05, 0) is 19.4 Å². The molecule has 0 aromatic rings. The summed E-state index contributed by atoms with van der Waals surface area (Å²) in [4.78, 5) is 0. The fraction of sp³-hybridized carbons (Fsp3) is 0.429. The highest BCUT2D eigenvalue weighted by molar-refractivity contribution is 6.31. The SMILES string of the molecule is C/C=C\C(Cl)=C(\F)CC. The molecule has 2 heteroatoms. The maximum absolute atomic E-state index is 12.4. The Balaban J connectivity index is 4.10. The van der Waals surface area contributed by atoms with Gasteiger partial charge in [-0.1, -0.05) is 24.6 Å². The van der Waals surface area contributed by atoms with Crippen LogP contribution in [0.4, 0.5) is 4.39 Å². The van der Waals surface area contributed by atoms with Crippen molar-refractivity contribution in [1.29, 1.82) is 0 Å². The van der Waals surface area contributed by atoms with Gasteiger partial charge in [0.05, 0.1) is 5.03 Å². The van der Waals surface area contributed by atoms with Gasteiger partial charge in [-0.3, -0.25) is 0 Å². The van der Waals surface area contributed by atoms with Crippen molar-refractivity contribution in [3.8, 4) is 0 Å². The van der Waals surface area contributed by atoms with Crippen LogP contribution in [0.5, 0.6) is 0 Å². The normalized spacial score (nSPS) is 14.2.